The minimum absolute atomic E-state index is 0.511. The molecule has 0 fully saturated rings. The molecule has 0 saturated heterocycles. The highest BCUT2D eigenvalue weighted by atomic mass is 15.1. The molecule has 2 rings (SSSR count). The number of hydrogen-bond acceptors (Lipinski definition) is 3. The van der Waals surface area contributed by atoms with E-state index in [0.29, 0.717) is 6.04 Å². The second-order valence-electron chi connectivity index (χ2n) is 5.31. The third kappa shape index (κ3) is 2.80. The lowest BCUT2D eigenvalue weighted by Gasteiger charge is -2.28. The lowest BCUT2D eigenvalue weighted by atomic mass is 10.1. The van der Waals surface area contributed by atoms with Crippen molar-refractivity contribution in [1.29, 1.82) is 0 Å². The van der Waals surface area contributed by atoms with E-state index in [1.807, 2.05) is 25.1 Å². The maximum absolute atomic E-state index is 5.92. The molecule has 0 aliphatic heterocycles. The van der Waals surface area contributed by atoms with Crippen LogP contribution >= 0.6 is 0 Å². The van der Waals surface area contributed by atoms with E-state index >= 15 is 0 Å². The zero-order chi connectivity index (χ0) is 14.0. The summed E-state index contributed by atoms with van der Waals surface area (Å²) in [5.74, 6) is 0. The van der Waals surface area contributed by atoms with Crippen LogP contribution in [0.3, 0.4) is 0 Å². The van der Waals surface area contributed by atoms with Crippen LogP contribution in [0.4, 0.5) is 11.4 Å². The molecule has 3 nitrogen and oxygen atoms in total. The van der Waals surface area contributed by atoms with Crippen molar-refractivity contribution in [2.24, 2.45) is 0 Å². The van der Waals surface area contributed by atoms with Crippen LogP contribution in [-0.2, 0) is 0 Å². The largest absolute Gasteiger partial charge is 0.399 e. The lowest BCUT2D eigenvalue weighted by molar-refractivity contribution is 0.617. The highest BCUT2D eigenvalue weighted by Gasteiger charge is 2.13. The van der Waals surface area contributed by atoms with Gasteiger partial charge in [-0.05, 0) is 44.5 Å². The minimum atomic E-state index is 0.511. The maximum atomic E-state index is 5.92. The number of nitrogens with zero attached hydrogens (tertiary/aromatic N) is 2. The Balaban J connectivity index is 2.54. The Morgan fingerprint density at radius 3 is 2.74 bits per heavy atom. The third-order valence-electron chi connectivity index (χ3n) is 3.69. The number of nitrogen functional groups attached to an aromatic ring is 1. The first-order valence-electron chi connectivity index (χ1n) is 6.92. The second kappa shape index (κ2) is 5.47. The predicted molar refractivity (Wildman–Crippen MR) is 83.7 cm³/mol. The Bertz CT molecular complexity index is 577. The molecule has 19 heavy (non-hydrogen) atoms. The molecule has 0 aliphatic carbocycles. The maximum Gasteiger partial charge on any atom is 0.0727 e. The molecule has 0 saturated carbocycles. The fraction of sp³-hybridized carbons (Fsp3) is 0.438. The fourth-order valence-corrected chi connectivity index (χ4v) is 2.49. The molecule has 102 valence electrons. The lowest BCUT2D eigenvalue weighted by Crippen LogP contribution is -2.28. The van der Waals surface area contributed by atoms with Gasteiger partial charge in [-0.25, -0.2) is 0 Å². The standard InChI is InChI=1S/C16H23N3/c1-5-6-12(3)19(4)16-9-11(2)18-15-8-7-13(17)10-14(15)16/h7-10,12H,5-6,17H2,1-4H3. The number of nitrogens with two attached hydrogens (primary N) is 1. The zero-order valence-electron chi connectivity index (χ0n) is 12.3. The Kier molecular flexibility index (Phi) is 3.93. The van der Waals surface area contributed by atoms with Gasteiger partial charge in [-0.1, -0.05) is 13.3 Å². The summed E-state index contributed by atoms with van der Waals surface area (Å²) in [6.45, 7) is 6.52. The van der Waals surface area contributed by atoms with Crippen molar-refractivity contribution in [3.8, 4) is 0 Å². The average molecular weight is 257 g/mol. The first-order valence-corrected chi connectivity index (χ1v) is 6.92. The molecule has 0 spiro atoms. The molecule has 1 unspecified atom stereocenters. The first-order chi connectivity index (χ1) is 9.02. The van der Waals surface area contributed by atoms with Crippen LogP contribution in [0, 0.1) is 6.92 Å². The summed E-state index contributed by atoms with van der Waals surface area (Å²) in [6.07, 6.45) is 2.37. The van der Waals surface area contributed by atoms with Gasteiger partial charge in [-0.3, -0.25) is 4.98 Å². The number of aryl methyl sites for hydroxylation is 1. The van der Waals surface area contributed by atoms with Gasteiger partial charge >= 0.3 is 0 Å². The fourth-order valence-electron chi connectivity index (χ4n) is 2.49. The molecule has 1 aromatic heterocycles. The molecule has 1 heterocycles. The quantitative estimate of drug-likeness (QED) is 0.848. The molecule has 0 bridgehead atoms. The molecule has 0 aliphatic rings. The van der Waals surface area contributed by atoms with E-state index in [2.05, 4.69) is 36.8 Å². The van der Waals surface area contributed by atoms with Crippen LogP contribution in [0.5, 0.6) is 0 Å². The average Bonchev–Trinajstić information content (AvgIpc) is 2.38. The minimum Gasteiger partial charge on any atom is -0.399 e. The van der Waals surface area contributed by atoms with E-state index in [1.54, 1.807) is 0 Å². The molecule has 3 heteroatoms. The molecule has 2 N–H and O–H groups in total. The van der Waals surface area contributed by atoms with Gasteiger partial charge in [0.05, 0.1) is 5.52 Å². The van der Waals surface area contributed by atoms with Crippen LogP contribution < -0.4 is 10.6 Å². The van der Waals surface area contributed by atoms with Gasteiger partial charge < -0.3 is 10.6 Å². The Labute approximate surface area is 115 Å². The topological polar surface area (TPSA) is 42.2 Å². The molecule has 1 atom stereocenters. The molecule has 2 aromatic rings. The van der Waals surface area contributed by atoms with Crippen LogP contribution in [0.2, 0.25) is 0 Å². The number of aromatic nitrogens is 1. The van der Waals surface area contributed by atoms with Crippen molar-refractivity contribution in [2.45, 2.75) is 39.7 Å². The normalized spacial score (nSPS) is 12.6. The van der Waals surface area contributed by atoms with Crippen molar-refractivity contribution in [2.75, 3.05) is 17.7 Å². The van der Waals surface area contributed by atoms with Gasteiger partial charge in [0.15, 0.2) is 0 Å². The smallest absolute Gasteiger partial charge is 0.0727 e. The van der Waals surface area contributed by atoms with Gasteiger partial charge in [0.2, 0.25) is 0 Å². The summed E-state index contributed by atoms with van der Waals surface area (Å²) < 4.78 is 0. The predicted octanol–water partition coefficient (Wildman–Crippen LogP) is 3.75. The van der Waals surface area contributed by atoms with Crippen molar-refractivity contribution in [3.05, 3.63) is 30.0 Å². The molecule has 1 aromatic carbocycles. The Morgan fingerprint density at radius 2 is 2.05 bits per heavy atom. The molecular formula is C16H23N3. The summed E-state index contributed by atoms with van der Waals surface area (Å²) in [4.78, 5) is 6.92. The second-order valence-corrected chi connectivity index (χ2v) is 5.31. The van der Waals surface area contributed by atoms with Gasteiger partial charge in [0, 0.05) is 35.5 Å². The van der Waals surface area contributed by atoms with E-state index in [4.69, 9.17) is 5.73 Å². The van der Waals surface area contributed by atoms with Gasteiger partial charge in [-0.15, -0.1) is 0 Å². The summed E-state index contributed by atoms with van der Waals surface area (Å²) in [5, 5.41) is 1.14. The van der Waals surface area contributed by atoms with Crippen LogP contribution in [0.25, 0.3) is 10.9 Å². The number of fused-ring (bicyclic) bond motifs is 1. The first kappa shape index (κ1) is 13.7. The summed E-state index contributed by atoms with van der Waals surface area (Å²) in [7, 11) is 2.15. The number of anilines is 2. The number of hydrogen-bond donors (Lipinski definition) is 1. The van der Waals surface area contributed by atoms with E-state index in [1.165, 1.54) is 18.5 Å². The summed E-state index contributed by atoms with van der Waals surface area (Å²) in [5.41, 5.74) is 9.98. The van der Waals surface area contributed by atoms with Crippen LogP contribution in [0.15, 0.2) is 24.3 Å². The Morgan fingerprint density at radius 1 is 1.32 bits per heavy atom. The summed E-state index contributed by atoms with van der Waals surface area (Å²) in [6, 6.07) is 8.59. The number of pyridine rings is 1. The van der Waals surface area contributed by atoms with Crippen LogP contribution in [-0.4, -0.2) is 18.1 Å². The van der Waals surface area contributed by atoms with Crippen molar-refractivity contribution >= 4 is 22.3 Å². The Hall–Kier alpha value is -1.77. The monoisotopic (exact) mass is 257 g/mol. The van der Waals surface area contributed by atoms with Crippen LogP contribution in [0.1, 0.15) is 32.4 Å². The highest BCUT2D eigenvalue weighted by molar-refractivity contribution is 5.94. The van der Waals surface area contributed by atoms with E-state index < -0.39 is 0 Å². The molecular weight excluding hydrogens is 234 g/mol. The number of rotatable bonds is 4. The van der Waals surface area contributed by atoms with Gasteiger partial charge in [0.25, 0.3) is 0 Å². The summed E-state index contributed by atoms with van der Waals surface area (Å²) >= 11 is 0. The zero-order valence-corrected chi connectivity index (χ0v) is 12.3. The molecule has 0 radical (unpaired) electrons. The SMILES string of the molecule is CCCC(C)N(C)c1cc(C)nc2ccc(N)cc12. The third-order valence-corrected chi connectivity index (χ3v) is 3.69. The van der Waals surface area contributed by atoms with Gasteiger partial charge in [0.1, 0.15) is 0 Å². The van der Waals surface area contributed by atoms with E-state index in [-0.39, 0.29) is 0 Å². The van der Waals surface area contributed by atoms with E-state index in [0.717, 1.165) is 22.3 Å². The number of benzene rings is 1. The van der Waals surface area contributed by atoms with Crippen molar-refractivity contribution in [3.63, 3.8) is 0 Å². The van der Waals surface area contributed by atoms with Crippen molar-refractivity contribution < 1.29 is 0 Å². The van der Waals surface area contributed by atoms with E-state index in [9.17, 15) is 0 Å². The van der Waals surface area contributed by atoms with Gasteiger partial charge in [-0.2, -0.15) is 0 Å². The van der Waals surface area contributed by atoms with Crippen molar-refractivity contribution in [1.82, 2.24) is 4.98 Å². The highest BCUT2D eigenvalue weighted by Crippen LogP contribution is 2.29. The molecule has 0 amide bonds.